The molecule has 4 aromatic rings. The van der Waals surface area contributed by atoms with E-state index >= 15 is 0 Å². The largest absolute Gasteiger partial charge is 0.464 e. The first kappa shape index (κ1) is 35.2. The van der Waals surface area contributed by atoms with Crippen molar-refractivity contribution in [2.75, 3.05) is 19.5 Å². The highest BCUT2D eigenvalue weighted by Gasteiger charge is 2.45. The molecule has 0 atom stereocenters. The molecule has 4 rings (SSSR count). The Morgan fingerprint density at radius 1 is 0.933 bits per heavy atom. The van der Waals surface area contributed by atoms with E-state index in [4.69, 9.17) is 18.6 Å². The van der Waals surface area contributed by atoms with Gasteiger partial charge in [0.15, 0.2) is 8.32 Å². The molecular weight excluding hydrogens is 621 g/mol. The maximum atomic E-state index is 12.5. The fraction of sp³-hybridized carbons (Fsp3) is 0.545. The minimum Gasteiger partial charge on any atom is -0.464 e. The lowest BCUT2D eigenvalue weighted by Gasteiger charge is -2.42. The number of nitrogens with zero attached hydrogens (tertiary/aromatic N) is 4. The third-order valence-electron chi connectivity index (χ3n) is 8.59. The summed E-state index contributed by atoms with van der Waals surface area (Å²) in [5, 5.41) is 0.757. The molecule has 0 radical (unpaired) electrons. The number of fused-ring (bicyclic) bond motifs is 1. The molecule has 0 aliphatic rings. The smallest absolute Gasteiger partial charge is 0.247 e. The van der Waals surface area contributed by atoms with E-state index in [1.807, 2.05) is 28.8 Å². The molecule has 1 aromatic carbocycles. The van der Waals surface area contributed by atoms with Crippen molar-refractivity contribution in [1.29, 1.82) is 0 Å². The Kier molecular flexibility index (Phi) is 11.0. The summed E-state index contributed by atoms with van der Waals surface area (Å²) >= 11 is 0. The van der Waals surface area contributed by atoms with E-state index in [2.05, 4.69) is 71.2 Å². The summed E-state index contributed by atoms with van der Waals surface area (Å²) in [6, 6.07) is 10.6. The lowest BCUT2D eigenvalue weighted by atomic mass is 10.1. The Balaban J connectivity index is 1.85. The summed E-state index contributed by atoms with van der Waals surface area (Å²) in [7, 11) is -7.06. The van der Waals surface area contributed by atoms with Crippen LogP contribution >= 0.6 is 0 Å². The van der Waals surface area contributed by atoms with Crippen LogP contribution in [-0.4, -0.2) is 63.8 Å². The second-order valence-corrected chi connectivity index (χ2v) is 27.1. The van der Waals surface area contributed by atoms with Gasteiger partial charge in [-0.1, -0.05) is 73.3 Å². The molecule has 0 saturated heterocycles. The maximum absolute atomic E-state index is 12.5. The molecule has 246 valence electrons. The Morgan fingerprint density at radius 2 is 1.62 bits per heavy atom. The monoisotopic (exact) mass is 670 g/mol. The van der Waals surface area contributed by atoms with Crippen LogP contribution in [0.5, 0.6) is 0 Å². The second kappa shape index (κ2) is 14.0. The predicted molar refractivity (Wildman–Crippen MR) is 186 cm³/mol. The summed E-state index contributed by atoms with van der Waals surface area (Å²) in [5.74, 6) is 0.797. The van der Waals surface area contributed by atoms with Gasteiger partial charge in [0.25, 0.3) is 0 Å². The van der Waals surface area contributed by atoms with E-state index in [0.29, 0.717) is 53.3 Å². The van der Waals surface area contributed by atoms with E-state index in [1.54, 1.807) is 12.3 Å². The number of aromatic nitrogens is 4. The third-order valence-corrected chi connectivity index (χ3v) is 17.3. The topological polar surface area (TPSA) is 109 Å². The number of sulfone groups is 1. The van der Waals surface area contributed by atoms with Gasteiger partial charge in [0.1, 0.15) is 18.1 Å². The molecule has 9 nitrogen and oxygen atoms in total. The zero-order chi connectivity index (χ0) is 33.2. The van der Waals surface area contributed by atoms with Crippen LogP contribution in [0.25, 0.3) is 33.6 Å². The highest BCUT2D eigenvalue weighted by Crippen LogP contribution is 2.42. The van der Waals surface area contributed by atoms with E-state index in [-0.39, 0.29) is 11.9 Å². The Labute approximate surface area is 270 Å². The Morgan fingerprint density at radius 3 is 2.24 bits per heavy atom. The molecule has 0 N–H and O–H groups in total. The molecule has 0 fully saturated rings. The SMILES string of the molecule is CC(C)[Si](OCCc1nc(-c2ccc3ccoc3c2)c(-c2ccnc(S(C)(=O)=O)n2)n1COCC[Si](C)(C)C)(C(C)C)C(C)C. The molecule has 0 aliphatic heterocycles. The quantitative estimate of drug-likeness (QED) is 0.0707. The molecule has 45 heavy (non-hydrogen) atoms. The first-order valence-corrected chi connectivity index (χ1v) is 23.6. The van der Waals surface area contributed by atoms with Crippen LogP contribution in [0.4, 0.5) is 0 Å². The van der Waals surface area contributed by atoms with Crippen molar-refractivity contribution in [1.82, 2.24) is 19.5 Å². The lowest BCUT2D eigenvalue weighted by Crippen LogP contribution is -2.48. The molecule has 0 saturated carbocycles. The molecule has 0 amide bonds. The van der Waals surface area contributed by atoms with E-state index < -0.39 is 26.2 Å². The average molecular weight is 671 g/mol. The van der Waals surface area contributed by atoms with Crippen molar-refractivity contribution < 1.29 is 22.0 Å². The van der Waals surface area contributed by atoms with E-state index in [1.165, 1.54) is 6.20 Å². The maximum Gasteiger partial charge on any atom is 0.247 e. The van der Waals surface area contributed by atoms with Crippen molar-refractivity contribution in [2.24, 2.45) is 0 Å². The van der Waals surface area contributed by atoms with E-state index in [0.717, 1.165) is 34.7 Å². The minimum absolute atomic E-state index is 0.230. The van der Waals surface area contributed by atoms with Crippen LogP contribution < -0.4 is 0 Å². The minimum atomic E-state index is -3.64. The number of benzene rings is 1. The Bertz CT molecular complexity index is 1690. The van der Waals surface area contributed by atoms with Crippen LogP contribution in [0.15, 0.2) is 52.4 Å². The standard InChI is InChI=1S/C33H50N4O5SSi2/c1-23(2)45(24(3)4,25(5)6)42-18-15-30-36-31(27-12-11-26-14-17-41-29(26)21-27)32(37(30)22-40-19-20-44(8,9)10)28-13-16-34-33(35-28)43(7,38)39/h11-14,16-17,21,23-25H,15,18-20,22H2,1-10H3. The highest BCUT2D eigenvalue weighted by atomic mass is 32.2. The fourth-order valence-electron chi connectivity index (χ4n) is 6.40. The van der Waals surface area contributed by atoms with Crippen LogP contribution in [0, 0.1) is 0 Å². The lowest BCUT2D eigenvalue weighted by molar-refractivity contribution is 0.0856. The van der Waals surface area contributed by atoms with Crippen molar-refractivity contribution in [3.63, 3.8) is 0 Å². The Hall–Kier alpha value is -2.65. The van der Waals surface area contributed by atoms with Gasteiger partial charge in [-0.15, -0.1) is 0 Å². The van der Waals surface area contributed by atoms with Gasteiger partial charge in [0.2, 0.25) is 15.0 Å². The highest BCUT2D eigenvalue weighted by molar-refractivity contribution is 7.90. The molecule has 0 aliphatic carbocycles. The van der Waals surface area contributed by atoms with Crippen molar-refractivity contribution in [3.8, 4) is 22.6 Å². The predicted octanol–water partition coefficient (Wildman–Crippen LogP) is 8.20. The van der Waals surface area contributed by atoms with Crippen LogP contribution in [-0.2, 0) is 32.2 Å². The van der Waals surface area contributed by atoms with Gasteiger partial charge in [-0.3, -0.25) is 0 Å². The summed E-state index contributed by atoms with van der Waals surface area (Å²) in [4.78, 5) is 13.8. The zero-order valence-electron chi connectivity index (χ0n) is 28.5. The number of hydrogen-bond donors (Lipinski definition) is 0. The molecule has 3 aromatic heterocycles. The van der Waals surface area contributed by atoms with Crippen LogP contribution in [0.3, 0.4) is 0 Å². The summed E-state index contributed by atoms with van der Waals surface area (Å²) < 4.78 is 46.0. The van der Waals surface area contributed by atoms with Gasteiger partial charge in [0.05, 0.1) is 23.3 Å². The van der Waals surface area contributed by atoms with Crippen LogP contribution in [0.1, 0.15) is 47.4 Å². The summed E-state index contributed by atoms with van der Waals surface area (Å²) in [5.41, 5.74) is 4.78. The van der Waals surface area contributed by atoms with Crippen molar-refractivity contribution >= 4 is 37.2 Å². The first-order chi connectivity index (χ1) is 21.0. The van der Waals surface area contributed by atoms with Gasteiger partial charge in [-0.2, -0.15) is 0 Å². The fourth-order valence-corrected chi connectivity index (χ4v) is 13.1. The molecular formula is C33H50N4O5SSi2. The average Bonchev–Trinajstić information content (AvgIpc) is 3.56. The second-order valence-electron chi connectivity index (χ2n) is 14.1. The van der Waals surface area contributed by atoms with Gasteiger partial charge in [-0.05, 0) is 40.9 Å². The van der Waals surface area contributed by atoms with Gasteiger partial charge in [-0.25, -0.2) is 23.4 Å². The number of rotatable bonds is 15. The van der Waals surface area contributed by atoms with Crippen molar-refractivity contribution in [3.05, 3.63) is 48.6 Å². The summed E-state index contributed by atoms with van der Waals surface area (Å²) in [6.07, 6.45) is 4.84. The molecule has 0 spiro atoms. The number of hydrogen-bond acceptors (Lipinski definition) is 8. The number of imidazole rings is 1. The van der Waals surface area contributed by atoms with Crippen LogP contribution in [0.2, 0.25) is 42.3 Å². The normalized spacial score (nSPS) is 13.2. The van der Waals surface area contributed by atoms with E-state index in [9.17, 15) is 8.42 Å². The van der Waals surface area contributed by atoms with Gasteiger partial charge in [0, 0.05) is 51.1 Å². The van der Waals surface area contributed by atoms with Crippen molar-refractivity contribution in [2.45, 2.75) is 102 Å². The molecule has 3 heterocycles. The third kappa shape index (κ3) is 8.02. The van der Waals surface area contributed by atoms with Gasteiger partial charge < -0.3 is 18.1 Å². The molecule has 0 bridgehead atoms. The first-order valence-electron chi connectivity index (χ1n) is 15.9. The summed E-state index contributed by atoms with van der Waals surface area (Å²) in [6.45, 7) is 22.1. The van der Waals surface area contributed by atoms with Gasteiger partial charge >= 0.3 is 0 Å². The number of ether oxygens (including phenoxy) is 1. The molecule has 0 unspecified atom stereocenters. The number of furan rings is 1. The zero-order valence-corrected chi connectivity index (χ0v) is 31.4. The molecule has 12 heteroatoms.